The van der Waals surface area contributed by atoms with Gasteiger partial charge >= 0.3 is 5.97 Å². The highest BCUT2D eigenvalue weighted by Crippen LogP contribution is 2.70. The van der Waals surface area contributed by atoms with E-state index in [9.17, 15) is 14.4 Å². The van der Waals surface area contributed by atoms with Crippen LogP contribution in [0.2, 0.25) is 0 Å². The number of epoxide rings is 1. The van der Waals surface area contributed by atoms with E-state index in [4.69, 9.17) is 13.9 Å². The van der Waals surface area contributed by atoms with Crippen molar-refractivity contribution in [1.29, 1.82) is 0 Å². The Labute approximate surface area is 164 Å². The highest BCUT2D eigenvalue weighted by atomic mass is 16.6. The molecular formula is C22H28O6. The van der Waals surface area contributed by atoms with E-state index in [-0.39, 0.29) is 47.1 Å². The molecule has 6 heteroatoms. The lowest BCUT2D eigenvalue weighted by Crippen LogP contribution is -2.62. The summed E-state index contributed by atoms with van der Waals surface area (Å²) in [7, 11) is 0. The van der Waals surface area contributed by atoms with Crippen molar-refractivity contribution in [2.75, 3.05) is 0 Å². The Hall–Kier alpha value is -1.95. The summed E-state index contributed by atoms with van der Waals surface area (Å²) >= 11 is 0. The average molecular weight is 388 g/mol. The molecule has 152 valence electrons. The molecule has 1 aromatic rings. The van der Waals surface area contributed by atoms with Crippen LogP contribution in [-0.2, 0) is 19.1 Å². The lowest BCUT2D eigenvalue weighted by molar-refractivity contribution is -0.184. The van der Waals surface area contributed by atoms with E-state index in [2.05, 4.69) is 13.8 Å². The van der Waals surface area contributed by atoms with Gasteiger partial charge in [0.2, 0.25) is 0 Å². The van der Waals surface area contributed by atoms with Crippen molar-refractivity contribution in [2.24, 2.45) is 22.7 Å². The normalized spacial score (nSPS) is 44.1. The molecule has 7 atom stereocenters. The van der Waals surface area contributed by atoms with Gasteiger partial charge in [0.05, 0.1) is 23.5 Å². The van der Waals surface area contributed by atoms with Crippen LogP contribution in [0.15, 0.2) is 23.0 Å². The number of fused-ring (bicyclic) bond motifs is 3. The summed E-state index contributed by atoms with van der Waals surface area (Å²) in [5, 5.41) is 0. The quantitative estimate of drug-likeness (QED) is 0.332. The first-order chi connectivity index (χ1) is 13.2. The zero-order valence-electron chi connectivity index (χ0n) is 16.9. The molecule has 6 nitrogen and oxygen atoms in total. The van der Waals surface area contributed by atoms with Crippen LogP contribution in [0, 0.1) is 22.7 Å². The van der Waals surface area contributed by atoms with E-state index in [0.29, 0.717) is 12.0 Å². The highest BCUT2D eigenvalue weighted by molar-refractivity contribution is 5.97. The molecule has 0 amide bonds. The summed E-state index contributed by atoms with van der Waals surface area (Å²) in [5.74, 6) is -0.766. The molecule has 28 heavy (non-hydrogen) atoms. The van der Waals surface area contributed by atoms with E-state index in [1.807, 2.05) is 6.92 Å². The number of ketones is 1. The molecule has 0 bridgehead atoms. The third-order valence-corrected chi connectivity index (χ3v) is 8.09. The number of rotatable bonds is 5. The van der Waals surface area contributed by atoms with Crippen LogP contribution < -0.4 is 0 Å². The van der Waals surface area contributed by atoms with Crippen LogP contribution in [0.3, 0.4) is 0 Å². The second-order valence-corrected chi connectivity index (χ2v) is 9.24. The number of furan rings is 1. The monoisotopic (exact) mass is 388 g/mol. The molecule has 0 spiro atoms. The third kappa shape index (κ3) is 2.53. The maximum atomic E-state index is 13.0. The van der Waals surface area contributed by atoms with Crippen LogP contribution in [0.5, 0.6) is 0 Å². The first kappa shape index (κ1) is 19.4. The Bertz CT molecular complexity index is 800. The van der Waals surface area contributed by atoms with E-state index in [0.717, 1.165) is 19.1 Å². The van der Waals surface area contributed by atoms with E-state index in [1.54, 1.807) is 6.07 Å². The summed E-state index contributed by atoms with van der Waals surface area (Å²) in [4.78, 5) is 37.5. The first-order valence-corrected chi connectivity index (χ1v) is 10.0. The van der Waals surface area contributed by atoms with Crippen LogP contribution in [0.25, 0.3) is 0 Å². The number of aldehydes is 1. The molecule has 0 N–H and O–H groups in total. The Balaban J connectivity index is 1.77. The van der Waals surface area contributed by atoms with Gasteiger partial charge in [0.1, 0.15) is 18.7 Å². The minimum Gasteiger partial charge on any atom is -0.472 e. The molecular weight excluding hydrogens is 360 g/mol. The first-order valence-electron chi connectivity index (χ1n) is 10.0. The Morgan fingerprint density at radius 1 is 1.32 bits per heavy atom. The Kier molecular flexibility index (Phi) is 4.34. The molecule has 4 rings (SSSR count). The van der Waals surface area contributed by atoms with Gasteiger partial charge in [-0.2, -0.15) is 0 Å². The fourth-order valence-corrected chi connectivity index (χ4v) is 6.22. The van der Waals surface area contributed by atoms with Gasteiger partial charge in [-0.05, 0) is 38.2 Å². The van der Waals surface area contributed by atoms with Gasteiger partial charge in [0.25, 0.3) is 0 Å². The number of hydrogen-bond acceptors (Lipinski definition) is 6. The van der Waals surface area contributed by atoms with Gasteiger partial charge in [-0.15, -0.1) is 0 Å². The summed E-state index contributed by atoms with van der Waals surface area (Å²) in [5.41, 5.74) is -1.14. The second-order valence-electron chi connectivity index (χ2n) is 9.24. The van der Waals surface area contributed by atoms with Crippen LogP contribution >= 0.6 is 0 Å². The molecule has 1 aromatic heterocycles. The van der Waals surface area contributed by atoms with E-state index in [1.165, 1.54) is 19.5 Å². The van der Waals surface area contributed by atoms with Gasteiger partial charge in [0, 0.05) is 30.1 Å². The van der Waals surface area contributed by atoms with Crippen molar-refractivity contribution in [2.45, 2.75) is 71.2 Å². The molecule has 3 aliphatic rings. The lowest BCUT2D eigenvalue weighted by atomic mass is 9.43. The van der Waals surface area contributed by atoms with Crippen LogP contribution in [0.1, 0.15) is 63.7 Å². The number of Topliss-reactive ketones (excluding diaryl/α,β-unsaturated/α-hetero) is 1. The molecule has 2 heterocycles. The molecule has 2 aliphatic carbocycles. The summed E-state index contributed by atoms with van der Waals surface area (Å²) in [6, 6.07) is 1.62. The molecule has 3 fully saturated rings. The maximum absolute atomic E-state index is 13.0. The molecule has 0 unspecified atom stereocenters. The van der Waals surface area contributed by atoms with Gasteiger partial charge < -0.3 is 18.7 Å². The minimum absolute atomic E-state index is 0.0149. The van der Waals surface area contributed by atoms with Crippen molar-refractivity contribution in [3.05, 3.63) is 24.2 Å². The number of carbonyl (C=O) groups excluding carboxylic acids is 3. The second kappa shape index (κ2) is 6.28. The molecule has 1 aliphatic heterocycles. The Morgan fingerprint density at radius 3 is 2.68 bits per heavy atom. The summed E-state index contributed by atoms with van der Waals surface area (Å²) < 4.78 is 16.8. The number of esters is 1. The molecule has 1 saturated heterocycles. The standard InChI is InChI=1S/C22H28O6/c1-13-17(27-14(2)24)10-20(3)18(5-6-19-21(20,4)28-19)22(13,12-23)9-16(25)15-7-8-26-11-15/h7-8,11-13,17-19H,5-6,9-10H2,1-4H3/t13-,17-,18+,19-,20-,21-,22-/m1/s1. The van der Waals surface area contributed by atoms with Gasteiger partial charge in [0.15, 0.2) is 5.78 Å². The summed E-state index contributed by atoms with van der Waals surface area (Å²) in [6.45, 7) is 7.56. The van der Waals surface area contributed by atoms with Crippen molar-refractivity contribution >= 4 is 18.0 Å². The SMILES string of the molecule is CC(=O)O[C@@H]1C[C@]2(C)[C@H](CC[C@H]3O[C@]32C)[C@@](C=O)(CC(=O)c2ccoc2)[C@@H]1C. The molecule has 0 radical (unpaired) electrons. The number of hydrogen-bond donors (Lipinski definition) is 0. The maximum Gasteiger partial charge on any atom is 0.302 e. The van der Waals surface area contributed by atoms with Crippen LogP contribution in [-0.4, -0.2) is 35.8 Å². The van der Waals surface area contributed by atoms with Crippen LogP contribution in [0.4, 0.5) is 0 Å². The van der Waals surface area contributed by atoms with Crippen molar-refractivity contribution < 1.29 is 28.3 Å². The third-order valence-electron chi connectivity index (χ3n) is 8.09. The fourth-order valence-electron chi connectivity index (χ4n) is 6.22. The minimum atomic E-state index is -0.915. The highest BCUT2D eigenvalue weighted by Gasteiger charge is 2.74. The molecule has 2 saturated carbocycles. The van der Waals surface area contributed by atoms with Gasteiger partial charge in [-0.25, -0.2) is 0 Å². The smallest absolute Gasteiger partial charge is 0.302 e. The van der Waals surface area contributed by atoms with Gasteiger partial charge in [-0.3, -0.25) is 9.59 Å². The number of ether oxygens (including phenoxy) is 2. The topological polar surface area (TPSA) is 86.1 Å². The van der Waals surface area contributed by atoms with Gasteiger partial charge in [-0.1, -0.05) is 13.8 Å². The van der Waals surface area contributed by atoms with Crippen molar-refractivity contribution in [3.63, 3.8) is 0 Å². The van der Waals surface area contributed by atoms with E-state index < -0.39 is 11.5 Å². The lowest BCUT2D eigenvalue weighted by Gasteiger charge is -2.59. The average Bonchev–Trinajstić information content (AvgIpc) is 3.07. The number of carbonyl (C=O) groups is 3. The zero-order valence-corrected chi connectivity index (χ0v) is 16.9. The van der Waals surface area contributed by atoms with Crippen molar-refractivity contribution in [3.8, 4) is 0 Å². The van der Waals surface area contributed by atoms with Crippen molar-refractivity contribution in [1.82, 2.24) is 0 Å². The fraction of sp³-hybridized carbons (Fsp3) is 0.682. The predicted molar refractivity (Wildman–Crippen MR) is 99.6 cm³/mol. The zero-order chi connectivity index (χ0) is 20.3. The predicted octanol–water partition coefficient (Wildman–Crippen LogP) is 3.58. The van der Waals surface area contributed by atoms with E-state index >= 15 is 0 Å². The largest absolute Gasteiger partial charge is 0.472 e. The summed E-state index contributed by atoms with van der Waals surface area (Å²) in [6.07, 6.45) is 6.01. The molecule has 0 aromatic carbocycles. The Morgan fingerprint density at radius 2 is 2.07 bits per heavy atom.